The van der Waals surface area contributed by atoms with E-state index >= 15 is 0 Å². The van der Waals surface area contributed by atoms with Gasteiger partial charge >= 0.3 is 0 Å². The number of fused-ring (bicyclic) bond motifs is 2. The van der Waals surface area contributed by atoms with Gasteiger partial charge in [0.15, 0.2) is 0 Å². The number of hydrogen-bond donors (Lipinski definition) is 1. The van der Waals surface area contributed by atoms with Crippen LogP contribution in [0.3, 0.4) is 0 Å². The van der Waals surface area contributed by atoms with Gasteiger partial charge in [-0.3, -0.25) is 19.5 Å². The molecule has 3 heterocycles. The van der Waals surface area contributed by atoms with Crippen LogP contribution in [0.15, 0.2) is 36.5 Å². The zero-order valence-corrected chi connectivity index (χ0v) is 14.7. The fourth-order valence-electron chi connectivity index (χ4n) is 3.89. The lowest BCUT2D eigenvalue weighted by atomic mass is 10.0. The summed E-state index contributed by atoms with van der Waals surface area (Å²) < 4.78 is 0. The zero-order chi connectivity index (χ0) is 18.3. The average molecular weight is 354 g/mol. The summed E-state index contributed by atoms with van der Waals surface area (Å²) in [4.78, 5) is 34.7. The van der Waals surface area contributed by atoms with Crippen molar-refractivity contribution >= 4 is 22.7 Å². The van der Waals surface area contributed by atoms with E-state index in [1.807, 2.05) is 18.2 Å². The molecule has 0 aliphatic carbocycles. The van der Waals surface area contributed by atoms with Gasteiger partial charge in [0.1, 0.15) is 12.1 Å². The molecule has 2 amide bonds. The number of carbonyl (C=O) groups excluding carboxylic acids is 2. The normalized spacial score (nSPS) is 24.2. The van der Waals surface area contributed by atoms with Crippen molar-refractivity contribution in [1.82, 2.24) is 19.7 Å². The maximum atomic E-state index is 12.6. The first-order valence-electron chi connectivity index (χ1n) is 8.82. The zero-order valence-electron chi connectivity index (χ0n) is 14.7. The van der Waals surface area contributed by atoms with Gasteiger partial charge in [-0.25, -0.2) is 0 Å². The highest BCUT2D eigenvalue weighted by molar-refractivity contribution is 5.97. The van der Waals surface area contributed by atoms with E-state index in [1.165, 1.54) is 4.90 Å². The summed E-state index contributed by atoms with van der Waals surface area (Å²) in [6.07, 6.45) is 1.78. The van der Waals surface area contributed by atoms with Crippen LogP contribution < -0.4 is 0 Å². The SMILES string of the molecule is CN1C(=O)[C@H]2CN(Cc3ccc4ncccc4c3)CCN2C(=O)[C@@H]1CO. The third-order valence-electron chi connectivity index (χ3n) is 5.38. The molecule has 26 heavy (non-hydrogen) atoms. The Balaban J connectivity index is 1.50. The highest BCUT2D eigenvalue weighted by Crippen LogP contribution is 2.23. The lowest BCUT2D eigenvalue weighted by molar-refractivity contribution is -0.165. The van der Waals surface area contributed by atoms with Crippen molar-refractivity contribution < 1.29 is 14.7 Å². The lowest BCUT2D eigenvalue weighted by Crippen LogP contribution is -2.69. The van der Waals surface area contributed by atoms with E-state index in [2.05, 4.69) is 22.0 Å². The highest BCUT2D eigenvalue weighted by atomic mass is 16.3. The molecule has 0 saturated carbocycles. The van der Waals surface area contributed by atoms with Crippen LogP contribution in [0.4, 0.5) is 0 Å². The monoisotopic (exact) mass is 354 g/mol. The first-order valence-corrected chi connectivity index (χ1v) is 8.82. The van der Waals surface area contributed by atoms with Gasteiger partial charge in [0.2, 0.25) is 11.8 Å². The molecular formula is C19H22N4O3. The maximum Gasteiger partial charge on any atom is 0.248 e. The molecule has 2 aliphatic heterocycles. The van der Waals surface area contributed by atoms with E-state index < -0.39 is 12.1 Å². The number of likely N-dealkylation sites (N-methyl/N-ethyl adjacent to an activating group) is 1. The Bertz CT molecular complexity index is 856. The summed E-state index contributed by atoms with van der Waals surface area (Å²) in [6.45, 7) is 2.12. The van der Waals surface area contributed by atoms with E-state index in [9.17, 15) is 14.7 Å². The highest BCUT2D eigenvalue weighted by Gasteiger charge is 2.46. The lowest BCUT2D eigenvalue weighted by Gasteiger charge is -2.48. The first-order chi connectivity index (χ1) is 12.6. The van der Waals surface area contributed by atoms with Gasteiger partial charge in [0, 0.05) is 44.8 Å². The van der Waals surface area contributed by atoms with Gasteiger partial charge in [-0.2, -0.15) is 0 Å². The van der Waals surface area contributed by atoms with E-state index in [1.54, 1.807) is 18.1 Å². The topological polar surface area (TPSA) is 77.0 Å². The summed E-state index contributed by atoms with van der Waals surface area (Å²) in [5, 5.41) is 10.5. The molecule has 2 saturated heterocycles. The van der Waals surface area contributed by atoms with Gasteiger partial charge in [0.25, 0.3) is 0 Å². The Labute approximate surface area is 151 Å². The summed E-state index contributed by atoms with van der Waals surface area (Å²) in [7, 11) is 1.59. The van der Waals surface area contributed by atoms with Crippen LogP contribution in [0, 0.1) is 0 Å². The molecule has 1 aromatic carbocycles. The number of benzene rings is 1. The molecule has 4 rings (SSSR count). The molecule has 1 N–H and O–H groups in total. The number of aliphatic hydroxyl groups is 1. The van der Waals surface area contributed by atoms with Gasteiger partial charge in [0.05, 0.1) is 12.1 Å². The van der Waals surface area contributed by atoms with E-state index in [0.717, 1.165) is 23.0 Å². The number of pyridine rings is 1. The molecule has 136 valence electrons. The van der Waals surface area contributed by atoms with Crippen LogP contribution in [0.1, 0.15) is 5.56 Å². The predicted molar refractivity (Wildman–Crippen MR) is 96.2 cm³/mol. The fraction of sp³-hybridized carbons (Fsp3) is 0.421. The van der Waals surface area contributed by atoms with Gasteiger partial charge in [-0.15, -0.1) is 0 Å². The van der Waals surface area contributed by atoms with Crippen LogP contribution in [0.2, 0.25) is 0 Å². The van der Waals surface area contributed by atoms with Crippen molar-refractivity contribution in [1.29, 1.82) is 0 Å². The van der Waals surface area contributed by atoms with Crippen molar-refractivity contribution in [3.8, 4) is 0 Å². The van der Waals surface area contributed by atoms with Gasteiger partial charge in [-0.1, -0.05) is 12.1 Å². The second-order valence-electron chi connectivity index (χ2n) is 6.96. The van der Waals surface area contributed by atoms with Crippen molar-refractivity contribution in [3.63, 3.8) is 0 Å². The number of rotatable bonds is 3. The molecule has 2 atom stereocenters. The quantitative estimate of drug-likeness (QED) is 0.845. The van der Waals surface area contributed by atoms with Crippen LogP contribution in [-0.4, -0.2) is 82.0 Å². The Morgan fingerprint density at radius 2 is 2.04 bits per heavy atom. The number of piperazine rings is 2. The van der Waals surface area contributed by atoms with E-state index in [4.69, 9.17) is 0 Å². The van der Waals surface area contributed by atoms with Crippen molar-refractivity contribution in [2.24, 2.45) is 0 Å². The Kier molecular flexibility index (Phi) is 4.34. The molecule has 0 radical (unpaired) electrons. The third kappa shape index (κ3) is 2.83. The van der Waals surface area contributed by atoms with Gasteiger partial charge < -0.3 is 14.9 Å². The number of hydrogen-bond acceptors (Lipinski definition) is 5. The Morgan fingerprint density at radius 3 is 2.85 bits per heavy atom. The van der Waals surface area contributed by atoms with Crippen LogP contribution in [0.25, 0.3) is 10.9 Å². The van der Waals surface area contributed by atoms with Crippen LogP contribution in [0.5, 0.6) is 0 Å². The Morgan fingerprint density at radius 1 is 1.19 bits per heavy atom. The second-order valence-corrected chi connectivity index (χ2v) is 6.96. The molecular weight excluding hydrogens is 332 g/mol. The molecule has 0 unspecified atom stereocenters. The number of aromatic nitrogens is 1. The summed E-state index contributed by atoms with van der Waals surface area (Å²) >= 11 is 0. The standard InChI is InChI=1S/C19H22N4O3/c1-21-17(12-24)19(26)23-8-7-22(11-16(23)18(21)25)10-13-4-5-15-14(9-13)3-2-6-20-15/h2-6,9,16-17,24H,7-8,10-12H2,1H3/t16-,17+/m1/s1. The number of amides is 2. The maximum absolute atomic E-state index is 12.6. The van der Waals surface area contributed by atoms with Crippen LogP contribution >= 0.6 is 0 Å². The third-order valence-corrected chi connectivity index (χ3v) is 5.38. The van der Waals surface area contributed by atoms with Crippen LogP contribution in [-0.2, 0) is 16.1 Å². The number of aliphatic hydroxyl groups excluding tert-OH is 1. The van der Waals surface area contributed by atoms with E-state index in [0.29, 0.717) is 19.6 Å². The predicted octanol–water partition coefficient (Wildman–Crippen LogP) is 0.0805. The summed E-state index contributed by atoms with van der Waals surface area (Å²) in [6, 6.07) is 8.93. The van der Waals surface area contributed by atoms with Crippen molar-refractivity contribution in [2.75, 3.05) is 33.3 Å². The molecule has 2 fully saturated rings. The van der Waals surface area contributed by atoms with Crippen molar-refractivity contribution in [2.45, 2.75) is 18.6 Å². The average Bonchev–Trinajstić information content (AvgIpc) is 2.66. The van der Waals surface area contributed by atoms with Crippen molar-refractivity contribution in [3.05, 3.63) is 42.1 Å². The minimum absolute atomic E-state index is 0.101. The molecule has 2 aromatic rings. The summed E-state index contributed by atoms with van der Waals surface area (Å²) in [5.74, 6) is -0.257. The minimum Gasteiger partial charge on any atom is -0.394 e. The first kappa shape index (κ1) is 16.9. The van der Waals surface area contributed by atoms with E-state index in [-0.39, 0.29) is 18.4 Å². The second kappa shape index (κ2) is 6.66. The molecule has 1 aromatic heterocycles. The summed E-state index contributed by atoms with van der Waals surface area (Å²) in [5.41, 5.74) is 2.13. The molecule has 0 spiro atoms. The minimum atomic E-state index is -0.752. The molecule has 7 heteroatoms. The fourth-order valence-corrected chi connectivity index (χ4v) is 3.89. The smallest absolute Gasteiger partial charge is 0.248 e. The number of carbonyl (C=O) groups is 2. The number of nitrogens with zero attached hydrogens (tertiary/aromatic N) is 4. The molecule has 2 aliphatic rings. The van der Waals surface area contributed by atoms with Gasteiger partial charge in [-0.05, 0) is 23.8 Å². The largest absolute Gasteiger partial charge is 0.394 e. The molecule has 7 nitrogen and oxygen atoms in total. The Hall–Kier alpha value is -2.51. The molecule has 0 bridgehead atoms.